The summed E-state index contributed by atoms with van der Waals surface area (Å²) in [5.74, 6) is -0.265. The molecule has 0 unspecified atom stereocenters. The van der Waals surface area contributed by atoms with E-state index >= 15 is 0 Å². The summed E-state index contributed by atoms with van der Waals surface area (Å²) in [6, 6.07) is 0. The first-order valence-corrected chi connectivity index (χ1v) is 1.93. The minimum Gasteiger partial charge on any atom is -0.309 e. The Bertz CT molecular complexity index is 117. The van der Waals surface area contributed by atoms with Gasteiger partial charge in [0.25, 0.3) is 0 Å². The zero-order chi connectivity index (χ0) is 5.11. The van der Waals surface area contributed by atoms with E-state index in [1.54, 1.807) is 0 Å². The van der Waals surface area contributed by atoms with Gasteiger partial charge in [0.2, 0.25) is 0 Å². The van der Waals surface area contributed by atoms with Gasteiger partial charge >= 0.3 is 0 Å². The third-order valence-corrected chi connectivity index (χ3v) is 0.619. The lowest BCUT2D eigenvalue weighted by atomic mass is 10.5. The van der Waals surface area contributed by atoms with Gasteiger partial charge in [0.1, 0.15) is 5.83 Å². The lowest BCUT2D eigenvalue weighted by Crippen LogP contribution is -2.22. The molecule has 0 radical (unpaired) electrons. The van der Waals surface area contributed by atoms with Crippen molar-refractivity contribution in [3.63, 3.8) is 0 Å². The Labute approximate surface area is 40.7 Å². The Morgan fingerprint density at radius 1 is 1.43 bits per heavy atom. The van der Waals surface area contributed by atoms with E-state index in [1.807, 2.05) is 0 Å². The lowest BCUT2D eigenvalue weighted by Gasteiger charge is -2.01. The van der Waals surface area contributed by atoms with Crippen molar-refractivity contribution < 1.29 is 4.39 Å². The zero-order valence-corrected chi connectivity index (χ0v) is 3.61. The van der Waals surface area contributed by atoms with Crippen LogP contribution in [0.4, 0.5) is 4.39 Å². The van der Waals surface area contributed by atoms with Crippen LogP contribution >= 0.6 is 0 Å². The average molecular weight is 100 g/mol. The fourth-order valence-electron chi connectivity index (χ4n) is 0.328. The quantitative estimate of drug-likeness (QED) is 0.461. The van der Waals surface area contributed by atoms with Crippen molar-refractivity contribution in [1.29, 1.82) is 0 Å². The zero-order valence-electron chi connectivity index (χ0n) is 3.61. The minimum absolute atomic E-state index is 0.265. The first-order chi connectivity index (χ1) is 3.39. The van der Waals surface area contributed by atoms with E-state index < -0.39 is 0 Å². The summed E-state index contributed by atoms with van der Waals surface area (Å²) < 4.78 is 11.9. The van der Waals surface area contributed by atoms with E-state index in [4.69, 9.17) is 0 Å². The summed E-state index contributed by atoms with van der Waals surface area (Å²) in [4.78, 5) is 0. The Hall–Kier alpha value is -0.990. The number of nitrogens with one attached hydrogen (secondary N) is 2. The van der Waals surface area contributed by atoms with Crippen molar-refractivity contribution in [2.45, 2.75) is 0 Å². The van der Waals surface area contributed by atoms with Crippen LogP contribution in [-0.4, -0.2) is 0 Å². The molecule has 0 saturated heterocycles. The predicted molar refractivity (Wildman–Crippen MR) is 24.6 cm³/mol. The van der Waals surface area contributed by atoms with Crippen LogP contribution in [0.1, 0.15) is 0 Å². The van der Waals surface area contributed by atoms with Gasteiger partial charge in [0.05, 0.1) is 6.20 Å². The molecule has 1 heterocycles. The highest BCUT2D eigenvalue weighted by atomic mass is 19.1. The van der Waals surface area contributed by atoms with Crippen LogP contribution in [0.5, 0.6) is 0 Å². The maximum atomic E-state index is 11.9. The molecule has 0 aromatic heterocycles. The summed E-state index contributed by atoms with van der Waals surface area (Å²) in [6.45, 7) is 0. The molecule has 0 bridgehead atoms. The first kappa shape index (κ1) is 4.18. The third-order valence-electron chi connectivity index (χ3n) is 0.619. The number of rotatable bonds is 0. The lowest BCUT2D eigenvalue weighted by molar-refractivity contribution is 0.623. The molecule has 2 nitrogen and oxygen atoms in total. The maximum absolute atomic E-state index is 11.9. The summed E-state index contributed by atoms with van der Waals surface area (Å²) >= 11 is 0. The van der Waals surface area contributed by atoms with Crippen LogP contribution in [-0.2, 0) is 0 Å². The molecule has 1 aliphatic heterocycles. The number of allylic oxidation sites excluding steroid dienone is 2. The molecule has 7 heavy (non-hydrogen) atoms. The Morgan fingerprint density at radius 2 is 2.29 bits per heavy atom. The molecule has 0 atom stereocenters. The molecule has 0 aromatic rings. The molecule has 0 aromatic carbocycles. The Morgan fingerprint density at radius 3 is 2.57 bits per heavy atom. The number of hydrogen-bond acceptors (Lipinski definition) is 2. The van der Waals surface area contributed by atoms with Gasteiger partial charge in [-0.05, 0) is 6.08 Å². The van der Waals surface area contributed by atoms with Gasteiger partial charge in [-0.15, -0.1) is 0 Å². The highest BCUT2D eigenvalue weighted by molar-refractivity contribution is 5.11. The van der Waals surface area contributed by atoms with Crippen molar-refractivity contribution in [2.24, 2.45) is 0 Å². The maximum Gasteiger partial charge on any atom is 0.142 e. The second-order valence-corrected chi connectivity index (χ2v) is 1.15. The molecule has 2 N–H and O–H groups in total. The number of hydrogen-bond donors (Lipinski definition) is 2. The van der Waals surface area contributed by atoms with Crippen LogP contribution in [0.2, 0.25) is 0 Å². The van der Waals surface area contributed by atoms with E-state index in [0.29, 0.717) is 0 Å². The second-order valence-electron chi connectivity index (χ2n) is 1.15. The fraction of sp³-hybridized carbons (Fsp3) is 0. The SMILES string of the molecule is FC1=CNNC=C1. The molecule has 3 heteroatoms. The third kappa shape index (κ3) is 0.924. The molecule has 38 valence electrons. The highest BCUT2D eigenvalue weighted by Gasteiger charge is 1.87. The van der Waals surface area contributed by atoms with Crippen LogP contribution in [0.25, 0.3) is 0 Å². The summed E-state index contributed by atoms with van der Waals surface area (Å²) in [5, 5.41) is 0. The predicted octanol–water partition coefficient (Wildman–Crippen LogP) is 0.419. The molecule has 0 spiro atoms. The minimum atomic E-state index is -0.265. The van der Waals surface area contributed by atoms with E-state index in [0.717, 1.165) is 0 Å². The molecule has 0 amide bonds. The van der Waals surface area contributed by atoms with Crippen LogP contribution in [0, 0.1) is 0 Å². The van der Waals surface area contributed by atoms with Crippen molar-refractivity contribution in [3.8, 4) is 0 Å². The van der Waals surface area contributed by atoms with Crippen LogP contribution < -0.4 is 10.9 Å². The van der Waals surface area contributed by atoms with E-state index in [-0.39, 0.29) is 5.83 Å². The highest BCUT2D eigenvalue weighted by Crippen LogP contribution is 1.95. The fourth-order valence-corrected chi connectivity index (χ4v) is 0.328. The molecule has 1 rings (SSSR count). The molecule has 0 saturated carbocycles. The second kappa shape index (κ2) is 1.64. The Balaban J connectivity index is 2.58. The van der Waals surface area contributed by atoms with Crippen molar-refractivity contribution >= 4 is 0 Å². The van der Waals surface area contributed by atoms with E-state index in [2.05, 4.69) is 10.9 Å². The van der Waals surface area contributed by atoms with E-state index in [1.165, 1.54) is 18.5 Å². The number of halogens is 1. The van der Waals surface area contributed by atoms with Crippen LogP contribution in [0.3, 0.4) is 0 Å². The van der Waals surface area contributed by atoms with Crippen molar-refractivity contribution in [2.75, 3.05) is 0 Å². The summed E-state index contributed by atoms with van der Waals surface area (Å²) in [6.07, 6.45) is 4.05. The van der Waals surface area contributed by atoms with E-state index in [9.17, 15) is 4.39 Å². The molecular formula is C4H5FN2. The summed E-state index contributed by atoms with van der Waals surface area (Å²) in [7, 11) is 0. The van der Waals surface area contributed by atoms with Crippen molar-refractivity contribution in [1.82, 2.24) is 10.9 Å². The standard InChI is InChI=1S/C4H5FN2/c5-4-1-2-6-7-3-4/h1-3,6-7H. The summed E-state index contributed by atoms with van der Waals surface area (Å²) in [5.41, 5.74) is 5.03. The topological polar surface area (TPSA) is 24.1 Å². The first-order valence-electron chi connectivity index (χ1n) is 1.93. The van der Waals surface area contributed by atoms with Gasteiger partial charge in [-0.25, -0.2) is 4.39 Å². The van der Waals surface area contributed by atoms with Crippen molar-refractivity contribution in [3.05, 3.63) is 24.3 Å². The number of hydrazine groups is 1. The van der Waals surface area contributed by atoms with Gasteiger partial charge < -0.3 is 10.9 Å². The largest absolute Gasteiger partial charge is 0.309 e. The van der Waals surface area contributed by atoms with Gasteiger partial charge in [0.15, 0.2) is 0 Å². The van der Waals surface area contributed by atoms with Gasteiger partial charge in [-0.2, -0.15) is 0 Å². The molecular weight excluding hydrogens is 95.1 g/mol. The monoisotopic (exact) mass is 100 g/mol. The van der Waals surface area contributed by atoms with Gasteiger partial charge in [-0.3, -0.25) is 0 Å². The Kier molecular flexibility index (Phi) is 0.978. The van der Waals surface area contributed by atoms with Gasteiger partial charge in [0, 0.05) is 6.20 Å². The normalized spacial score (nSPS) is 17.0. The average Bonchev–Trinajstić information content (AvgIpc) is 1.69. The molecule has 1 aliphatic rings. The molecule has 0 aliphatic carbocycles. The van der Waals surface area contributed by atoms with Gasteiger partial charge in [-0.1, -0.05) is 0 Å². The molecule has 0 fully saturated rings. The van der Waals surface area contributed by atoms with Crippen LogP contribution in [0.15, 0.2) is 24.3 Å². The smallest absolute Gasteiger partial charge is 0.142 e.